The summed E-state index contributed by atoms with van der Waals surface area (Å²) in [5, 5.41) is 2.89. The monoisotopic (exact) mass is 376 g/mol. The highest BCUT2D eigenvalue weighted by Gasteiger charge is 2.08. The minimum Gasteiger partial charge on any atom is -0.494 e. The van der Waals surface area contributed by atoms with Crippen LogP contribution >= 0.6 is 15.9 Å². The molecule has 2 rings (SSSR count). The highest BCUT2D eigenvalue weighted by atomic mass is 79.9. The van der Waals surface area contributed by atoms with Crippen molar-refractivity contribution in [3.8, 4) is 5.75 Å². The Morgan fingerprint density at radius 3 is 2.61 bits per heavy atom. The lowest BCUT2D eigenvalue weighted by Crippen LogP contribution is -2.29. The number of amides is 1. The standard InChI is InChI=1S/C18H21BrN2O2/c1-3-23-17-9-7-14(8-10-17)12-21(2)13-18(22)20-16-6-4-5-15(19)11-16/h4-11H,3,12-13H2,1-2H3,(H,20,22). The first-order valence-electron chi connectivity index (χ1n) is 7.52. The zero-order chi connectivity index (χ0) is 16.7. The van der Waals surface area contributed by atoms with Crippen LogP contribution in [0.3, 0.4) is 0 Å². The molecule has 2 aromatic rings. The van der Waals surface area contributed by atoms with Gasteiger partial charge in [0.1, 0.15) is 5.75 Å². The molecule has 0 bridgehead atoms. The molecule has 0 fully saturated rings. The smallest absolute Gasteiger partial charge is 0.238 e. The Kier molecular flexibility index (Phi) is 6.62. The molecule has 0 unspecified atom stereocenters. The molecule has 0 saturated carbocycles. The van der Waals surface area contributed by atoms with Gasteiger partial charge in [0, 0.05) is 16.7 Å². The summed E-state index contributed by atoms with van der Waals surface area (Å²) in [7, 11) is 1.93. The molecule has 23 heavy (non-hydrogen) atoms. The minimum atomic E-state index is -0.0310. The summed E-state index contributed by atoms with van der Waals surface area (Å²) in [5.74, 6) is 0.836. The van der Waals surface area contributed by atoms with Crippen molar-refractivity contribution in [1.29, 1.82) is 0 Å². The van der Waals surface area contributed by atoms with E-state index in [0.717, 1.165) is 21.5 Å². The van der Waals surface area contributed by atoms with Crippen molar-refractivity contribution in [2.24, 2.45) is 0 Å². The molecule has 0 heterocycles. The van der Waals surface area contributed by atoms with Gasteiger partial charge in [0.05, 0.1) is 13.2 Å². The molecule has 0 radical (unpaired) electrons. The third kappa shape index (κ3) is 6.04. The van der Waals surface area contributed by atoms with Crippen molar-refractivity contribution in [3.05, 3.63) is 58.6 Å². The first-order valence-corrected chi connectivity index (χ1v) is 8.32. The maximum Gasteiger partial charge on any atom is 0.238 e. The number of hydrogen-bond acceptors (Lipinski definition) is 3. The molecule has 122 valence electrons. The van der Waals surface area contributed by atoms with Gasteiger partial charge < -0.3 is 10.1 Å². The highest BCUT2D eigenvalue weighted by Crippen LogP contribution is 2.16. The predicted molar refractivity (Wildman–Crippen MR) is 96.7 cm³/mol. The molecule has 1 amide bonds. The molecule has 1 N–H and O–H groups in total. The number of carbonyl (C=O) groups is 1. The SMILES string of the molecule is CCOc1ccc(CN(C)CC(=O)Nc2cccc(Br)c2)cc1. The molecule has 0 saturated heterocycles. The van der Waals surface area contributed by atoms with Gasteiger partial charge in [-0.15, -0.1) is 0 Å². The number of ether oxygens (including phenoxy) is 1. The maximum atomic E-state index is 12.1. The van der Waals surface area contributed by atoms with Crippen LogP contribution in [0.15, 0.2) is 53.0 Å². The Morgan fingerprint density at radius 2 is 1.96 bits per heavy atom. The summed E-state index contributed by atoms with van der Waals surface area (Å²) in [5.41, 5.74) is 1.94. The quantitative estimate of drug-likeness (QED) is 0.795. The van der Waals surface area contributed by atoms with Crippen molar-refractivity contribution in [1.82, 2.24) is 4.90 Å². The summed E-state index contributed by atoms with van der Waals surface area (Å²) in [6.45, 7) is 3.67. The normalized spacial score (nSPS) is 10.6. The molecule has 0 spiro atoms. The predicted octanol–water partition coefficient (Wildman–Crippen LogP) is 3.92. The first-order chi connectivity index (χ1) is 11.1. The number of nitrogens with one attached hydrogen (secondary N) is 1. The van der Waals surface area contributed by atoms with E-state index in [2.05, 4.69) is 21.2 Å². The van der Waals surface area contributed by atoms with Gasteiger partial charge in [-0.25, -0.2) is 0 Å². The zero-order valence-electron chi connectivity index (χ0n) is 13.4. The summed E-state index contributed by atoms with van der Waals surface area (Å²) >= 11 is 3.39. The van der Waals surface area contributed by atoms with Crippen LogP contribution in [-0.4, -0.2) is 31.0 Å². The molecule has 0 atom stereocenters. The van der Waals surface area contributed by atoms with Crippen LogP contribution in [-0.2, 0) is 11.3 Å². The lowest BCUT2D eigenvalue weighted by Gasteiger charge is -2.16. The lowest BCUT2D eigenvalue weighted by molar-refractivity contribution is -0.117. The van der Waals surface area contributed by atoms with Gasteiger partial charge in [-0.05, 0) is 49.9 Å². The number of anilines is 1. The molecule has 0 aromatic heterocycles. The van der Waals surface area contributed by atoms with Crippen molar-refractivity contribution < 1.29 is 9.53 Å². The van der Waals surface area contributed by atoms with Crippen LogP contribution in [0.1, 0.15) is 12.5 Å². The Hall–Kier alpha value is -1.85. The Morgan fingerprint density at radius 1 is 1.22 bits per heavy atom. The van der Waals surface area contributed by atoms with Crippen LogP contribution in [0.25, 0.3) is 0 Å². The van der Waals surface area contributed by atoms with Gasteiger partial charge in [0.25, 0.3) is 0 Å². The Labute approximate surface area is 145 Å². The molecular formula is C18H21BrN2O2. The fourth-order valence-electron chi connectivity index (χ4n) is 2.24. The van der Waals surface area contributed by atoms with E-state index in [0.29, 0.717) is 19.7 Å². The van der Waals surface area contributed by atoms with Crippen molar-refractivity contribution >= 4 is 27.5 Å². The van der Waals surface area contributed by atoms with Gasteiger partial charge in [0.15, 0.2) is 0 Å². The zero-order valence-corrected chi connectivity index (χ0v) is 15.0. The van der Waals surface area contributed by atoms with Gasteiger partial charge in [0.2, 0.25) is 5.91 Å². The van der Waals surface area contributed by atoms with Crippen LogP contribution in [0.4, 0.5) is 5.69 Å². The summed E-state index contributed by atoms with van der Waals surface area (Å²) < 4.78 is 6.37. The van der Waals surface area contributed by atoms with E-state index >= 15 is 0 Å². The molecular weight excluding hydrogens is 356 g/mol. The number of rotatable bonds is 7. The second-order valence-electron chi connectivity index (χ2n) is 5.31. The maximum absolute atomic E-state index is 12.1. The first kappa shape index (κ1) is 17.5. The van der Waals surface area contributed by atoms with Crippen LogP contribution in [0, 0.1) is 0 Å². The molecule has 4 nitrogen and oxygen atoms in total. The van der Waals surface area contributed by atoms with E-state index in [1.165, 1.54) is 0 Å². The lowest BCUT2D eigenvalue weighted by atomic mass is 10.2. The number of halogens is 1. The van der Waals surface area contributed by atoms with Crippen LogP contribution in [0.2, 0.25) is 0 Å². The summed E-state index contributed by atoms with van der Waals surface area (Å²) in [6, 6.07) is 15.5. The van der Waals surface area contributed by atoms with E-state index in [-0.39, 0.29) is 5.91 Å². The number of nitrogens with zero attached hydrogens (tertiary/aromatic N) is 1. The van der Waals surface area contributed by atoms with Gasteiger partial charge in [-0.3, -0.25) is 9.69 Å². The average molecular weight is 377 g/mol. The number of hydrogen-bond donors (Lipinski definition) is 1. The molecule has 0 aliphatic heterocycles. The van der Waals surface area contributed by atoms with Crippen molar-refractivity contribution in [2.75, 3.05) is 25.5 Å². The fraction of sp³-hybridized carbons (Fsp3) is 0.278. The topological polar surface area (TPSA) is 41.6 Å². The van der Waals surface area contributed by atoms with Gasteiger partial charge in [-0.2, -0.15) is 0 Å². The minimum absolute atomic E-state index is 0.0310. The average Bonchev–Trinajstić information content (AvgIpc) is 2.49. The number of likely N-dealkylation sites (N-methyl/N-ethyl adjacent to an activating group) is 1. The molecule has 5 heteroatoms. The second-order valence-corrected chi connectivity index (χ2v) is 6.22. The van der Waals surface area contributed by atoms with E-state index in [1.54, 1.807) is 0 Å². The largest absolute Gasteiger partial charge is 0.494 e. The fourth-order valence-corrected chi connectivity index (χ4v) is 2.64. The number of carbonyl (C=O) groups excluding carboxylic acids is 1. The van der Waals surface area contributed by atoms with Crippen molar-refractivity contribution in [3.63, 3.8) is 0 Å². The third-order valence-electron chi connectivity index (χ3n) is 3.21. The summed E-state index contributed by atoms with van der Waals surface area (Å²) in [6.07, 6.45) is 0. The molecule has 0 aliphatic rings. The Balaban J connectivity index is 1.83. The van der Waals surface area contributed by atoms with Crippen molar-refractivity contribution in [2.45, 2.75) is 13.5 Å². The molecule has 2 aromatic carbocycles. The van der Waals surface area contributed by atoms with Crippen LogP contribution < -0.4 is 10.1 Å². The van der Waals surface area contributed by atoms with Gasteiger partial charge in [-0.1, -0.05) is 34.1 Å². The van der Waals surface area contributed by atoms with Gasteiger partial charge >= 0.3 is 0 Å². The van der Waals surface area contributed by atoms with E-state index < -0.39 is 0 Å². The molecule has 0 aliphatic carbocycles. The van der Waals surface area contributed by atoms with E-state index in [4.69, 9.17) is 4.74 Å². The second kappa shape index (κ2) is 8.70. The van der Waals surface area contributed by atoms with E-state index in [1.807, 2.05) is 67.4 Å². The van der Waals surface area contributed by atoms with Crippen LogP contribution in [0.5, 0.6) is 5.75 Å². The third-order valence-corrected chi connectivity index (χ3v) is 3.70. The Bertz CT molecular complexity index is 644. The van der Waals surface area contributed by atoms with E-state index in [9.17, 15) is 4.79 Å². The number of benzene rings is 2. The summed E-state index contributed by atoms with van der Waals surface area (Å²) in [4.78, 5) is 14.1. The highest BCUT2D eigenvalue weighted by molar-refractivity contribution is 9.10.